The van der Waals surface area contributed by atoms with Crippen molar-refractivity contribution in [1.29, 1.82) is 0 Å². The third-order valence-corrected chi connectivity index (χ3v) is 4.16. The number of hydrogen-bond donors (Lipinski definition) is 0. The zero-order chi connectivity index (χ0) is 18.0. The van der Waals surface area contributed by atoms with Gasteiger partial charge in [0.05, 0.1) is 21.5 Å². The van der Waals surface area contributed by atoms with Gasteiger partial charge in [0, 0.05) is 18.7 Å². The highest BCUT2D eigenvalue weighted by atomic mass is 79.9. The predicted molar refractivity (Wildman–Crippen MR) is 91.3 cm³/mol. The molecule has 9 heteroatoms. The Hall–Kier alpha value is -2.68. The van der Waals surface area contributed by atoms with Crippen molar-refractivity contribution in [2.75, 3.05) is 6.61 Å². The third-order valence-electron chi connectivity index (χ3n) is 3.54. The van der Waals surface area contributed by atoms with E-state index in [1.807, 2.05) is 0 Å². The van der Waals surface area contributed by atoms with Crippen LogP contribution < -0.4 is 10.5 Å². The van der Waals surface area contributed by atoms with E-state index in [0.717, 1.165) is 0 Å². The molecule has 130 valence electrons. The summed E-state index contributed by atoms with van der Waals surface area (Å²) >= 11 is 3.20. The number of halogens is 2. The average Bonchev–Trinajstić information content (AvgIpc) is 2.88. The van der Waals surface area contributed by atoms with Crippen molar-refractivity contribution in [3.05, 3.63) is 67.4 Å². The summed E-state index contributed by atoms with van der Waals surface area (Å²) in [6, 6.07) is 8.07. The van der Waals surface area contributed by atoms with Gasteiger partial charge in [-0.2, -0.15) is 0 Å². The molecule has 0 spiro atoms. The first-order valence-corrected chi connectivity index (χ1v) is 8.10. The number of benzene rings is 2. The number of nitro groups is 1. The van der Waals surface area contributed by atoms with Crippen LogP contribution in [-0.4, -0.2) is 16.1 Å². The molecule has 25 heavy (non-hydrogen) atoms. The summed E-state index contributed by atoms with van der Waals surface area (Å²) in [4.78, 5) is 22.3. The Morgan fingerprint density at radius 2 is 2.08 bits per heavy atom. The highest BCUT2D eigenvalue weighted by molar-refractivity contribution is 9.10. The minimum absolute atomic E-state index is 0.117. The van der Waals surface area contributed by atoms with Crippen molar-refractivity contribution >= 4 is 32.7 Å². The van der Waals surface area contributed by atoms with E-state index in [4.69, 9.17) is 9.15 Å². The van der Waals surface area contributed by atoms with Gasteiger partial charge in [0.15, 0.2) is 5.58 Å². The van der Waals surface area contributed by atoms with E-state index in [2.05, 4.69) is 15.9 Å². The standard InChI is InChI=1S/C16H12BrFN2O5/c17-12-8-10(18)2-4-14(12)24-7-1-6-19-13-9-11(20(22)23)3-5-15(13)25-16(19)21/h2-5,8-9H,1,6-7H2. The van der Waals surface area contributed by atoms with Crippen LogP contribution in [0.15, 0.2) is 50.1 Å². The van der Waals surface area contributed by atoms with Gasteiger partial charge in [0.25, 0.3) is 5.69 Å². The molecule has 7 nitrogen and oxygen atoms in total. The third kappa shape index (κ3) is 3.71. The molecule has 2 aromatic carbocycles. The van der Waals surface area contributed by atoms with Crippen LogP contribution in [0.4, 0.5) is 10.1 Å². The zero-order valence-corrected chi connectivity index (χ0v) is 14.4. The highest BCUT2D eigenvalue weighted by Crippen LogP contribution is 2.25. The fraction of sp³-hybridized carbons (Fsp3) is 0.188. The zero-order valence-electron chi connectivity index (χ0n) is 12.8. The predicted octanol–water partition coefficient (Wildman–Crippen LogP) is 3.87. The average molecular weight is 411 g/mol. The molecule has 0 saturated heterocycles. The fourth-order valence-electron chi connectivity index (χ4n) is 2.37. The maximum absolute atomic E-state index is 13.0. The van der Waals surface area contributed by atoms with Gasteiger partial charge in [-0.15, -0.1) is 0 Å². The van der Waals surface area contributed by atoms with Gasteiger partial charge in [-0.25, -0.2) is 9.18 Å². The Morgan fingerprint density at radius 1 is 1.28 bits per heavy atom. The Kier molecular flexibility index (Phi) is 4.84. The van der Waals surface area contributed by atoms with Gasteiger partial charge >= 0.3 is 5.76 Å². The molecule has 3 rings (SSSR count). The summed E-state index contributed by atoms with van der Waals surface area (Å²) in [6.45, 7) is 0.546. The monoisotopic (exact) mass is 410 g/mol. The molecule has 0 atom stereocenters. The Balaban J connectivity index is 1.70. The van der Waals surface area contributed by atoms with E-state index >= 15 is 0 Å². The maximum Gasteiger partial charge on any atom is 0.419 e. The molecule has 0 N–H and O–H groups in total. The SMILES string of the molecule is O=c1oc2ccc([N+](=O)[O-])cc2n1CCCOc1ccc(F)cc1Br. The van der Waals surface area contributed by atoms with Crippen LogP contribution in [0.2, 0.25) is 0 Å². The van der Waals surface area contributed by atoms with Crippen LogP contribution in [0, 0.1) is 15.9 Å². The number of non-ortho nitro benzene ring substituents is 1. The van der Waals surface area contributed by atoms with Crippen molar-refractivity contribution in [1.82, 2.24) is 4.57 Å². The molecule has 3 aromatic rings. The van der Waals surface area contributed by atoms with E-state index in [9.17, 15) is 19.3 Å². The van der Waals surface area contributed by atoms with Gasteiger partial charge in [0.2, 0.25) is 0 Å². The lowest BCUT2D eigenvalue weighted by Crippen LogP contribution is -2.16. The summed E-state index contributed by atoms with van der Waals surface area (Å²) in [5.41, 5.74) is 0.536. The first kappa shape index (κ1) is 17.2. The number of aromatic nitrogens is 1. The number of aryl methyl sites for hydroxylation is 1. The van der Waals surface area contributed by atoms with Crippen LogP contribution in [0.5, 0.6) is 5.75 Å². The second-order valence-corrected chi connectivity index (χ2v) is 6.06. The molecule has 0 amide bonds. The number of hydrogen-bond acceptors (Lipinski definition) is 5. The number of nitrogens with zero attached hydrogens (tertiary/aromatic N) is 2. The van der Waals surface area contributed by atoms with Crippen molar-refractivity contribution in [2.24, 2.45) is 0 Å². The summed E-state index contributed by atoms with van der Waals surface area (Å²) in [5, 5.41) is 10.9. The first-order valence-electron chi connectivity index (χ1n) is 7.31. The molecule has 0 aliphatic heterocycles. The topological polar surface area (TPSA) is 87.5 Å². The van der Waals surface area contributed by atoms with Crippen molar-refractivity contribution < 1.29 is 18.5 Å². The lowest BCUT2D eigenvalue weighted by molar-refractivity contribution is -0.384. The molecule has 0 radical (unpaired) electrons. The molecular formula is C16H12BrFN2O5. The normalized spacial score (nSPS) is 11.0. The van der Waals surface area contributed by atoms with Gasteiger partial charge < -0.3 is 9.15 Å². The smallest absolute Gasteiger partial charge is 0.419 e. The largest absolute Gasteiger partial charge is 0.492 e. The molecular weight excluding hydrogens is 399 g/mol. The number of fused-ring (bicyclic) bond motifs is 1. The van der Waals surface area contributed by atoms with E-state index in [0.29, 0.717) is 22.2 Å². The summed E-state index contributed by atoms with van der Waals surface area (Å²) in [6.07, 6.45) is 0.459. The number of oxazole rings is 1. The van der Waals surface area contributed by atoms with Crippen LogP contribution in [0.3, 0.4) is 0 Å². The molecule has 0 aliphatic carbocycles. The van der Waals surface area contributed by atoms with Crippen LogP contribution in [0.25, 0.3) is 11.1 Å². The molecule has 1 heterocycles. The molecule has 0 aliphatic rings. The van der Waals surface area contributed by atoms with Gasteiger partial charge in [-0.1, -0.05) is 0 Å². The number of ether oxygens (including phenoxy) is 1. The molecule has 0 fully saturated rings. The van der Waals surface area contributed by atoms with E-state index in [-0.39, 0.29) is 30.2 Å². The molecule has 0 bridgehead atoms. The second-order valence-electron chi connectivity index (χ2n) is 5.21. The van der Waals surface area contributed by atoms with Crippen molar-refractivity contribution in [3.63, 3.8) is 0 Å². The number of rotatable bonds is 6. The summed E-state index contributed by atoms with van der Waals surface area (Å²) < 4.78 is 25.5. The van der Waals surface area contributed by atoms with Crippen LogP contribution >= 0.6 is 15.9 Å². The van der Waals surface area contributed by atoms with E-state index < -0.39 is 10.7 Å². The van der Waals surface area contributed by atoms with E-state index in [1.54, 1.807) is 0 Å². The lowest BCUT2D eigenvalue weighted by Gasteiger charge is -2.08. The summed E-state index contributed by atoms with van der Waals surface area (Å²) in [7, 11) is 0. The van der Waals surface area contributed by atoms with Crippen LogP contribution in [-0.2, 0) is 6.54 Å². The van der Waals surface area contributed by atoms with E-state index in [1.165, 1.54) is 41.0 Å². The van der Waals surface area contributed by atoms with Crippen LogP contribution in [0.1, 0.15) is 6.42 Å². The lowest BCUT2D eigenvalue weighted by atomic mass is 10.3. The second kappa shape index (κ2) is 7.06. The first-order chi connectivity index (χ1) is 12.0. The Labute approximate surface area is 148 Å². The molecule has 0 unspecified atom stereocenters. The maximum atomic E-state index is 13.0. The Bertz CT molecular complexity index is 998. The quantitative estimate of drug-likeness (QED) is 0.349. The van der Waals surface area contributed by atoms with Crippen molar-refractivity contribution in [3.8, 4) is 5.75 Å². The van der Waals surface area contributed by atoms with Gasteiger partial charge in [0.1, 0.15) is 11.6 Å². The summed E-state index contributed by atoms with van der Waals surface area (Å²) in [5.74, 6) is -0.475. The molecule has 0 saturated carbocycles. The fourth-order valence-corrected chi connectivity index (χ4v) is 2.84. The van der Waals surface area contributed by atoms with Crippen molar-refractivity contribution in [2.45, 2.75) is 13.0 Å². The van der Waals surface area contributed by atoms with Gasteiger partial charge in [-0.05, 0) is 46.6 Å². The highest BCUT2D eigenvalue weighted by Gasteiger charge is 2.14. The molecule has 1 aromatic heterocycles. The minimum Gasteiger partial charge on any atom is -0.492 e. The van der Waals surface area contributed by atoms with Gasteiger partial charge in [-0.3, -0.25) is 14.7 Å². The Morgan fingerprint density at radius 3 is 2.80 bits per heavy atom. The minimum atomic E-state index is -0.585. The number of nitro benzene ring substituents is 1.